The fraction of sp³-hybridized carbons (Fsp3) is 0. The van der Waals surface area contributed by atoms with E-state index in [2.05, 4.69) is 30.9 Å². The van der Waals surface area contributed by atoms with Gasteiger partial charge < -0.3 is 10.5 Å². The predicted octanol–water partition coefficient (Wildman–Crippen LogP) is 3.97. The van der Waals surface area contributed by atoms with E-state index in [9.17, 15) is 0 Å². The first kappa shape index (κ1) is 13.6. The van der Waals surface area contributed by atoms with Gasteiger partial charge in [0.2, 0.25) is 11.2 Å². The first-order valence-electron chi connectivity index (χ1n) is 4.45. The van der Waals surface area contributed by atoms with E-state index in [4.69, 9.17) is 45.3 Å². The van der Waals surface area contributed by atoms with Crippen molar-refractivity contribution in [1.29, 1.82) is 0 Å². The topological polar surface area (TPSA) is 73.9 Å². The Hall–Kier alpha value is -0.820. The fourth-order valence-corrected chi connectivity index (χ4v) is 2.06. The Labute approximate surface area is 125 Å². The smallest absolute Gasteiger partial charge is 0.328 e. The maximum Gasteiger partial charge on any atom is 0.328 e. The largest absolute Gasteiger partial charge is 0.422 e. The van der Waals surface area contributed by atoms with Gasteiger partial charge in [0.25, 0.3) is 0 Å². The molecule has 94 valence electrons. The highest BCUT2D eigenvalue weighted by Crippen LogP contribution is 2.35. The summed E-state index contributed by atoms with van der Waals surface area (Å²) >= 11 is 20.8. The molecule has 1 aromatic heterocycles. The average Bonchev–Trinajstić information content (AvgIpc) is 2.24. The molecule has 18 heavy (non-hydrogen) atoms. The molecule has 0 aliphatic carbocycles. The van der Waals surface area contributed by atoms with Crippen LogP contribution in [-0.4, -0.2) is 15.0 Å². The molecule has 0 saturated carbocycles. The molecule has 0 spiro atoms. The number of nitrogen functional groups attached to an aromatic ring is 1. The molecule has 0 atom stereocenters. The van der Waals surface area contributed by atoms with Crippen molar-refractivity contribution in [2.75, 3.05) is 5.73 Å². The van der Waals surface area contributed by atoms with E-state index >= 15 is 0 Å². The lowest BCUT2D eigenvalue weighted by Gasteiger charge is -2.07. The molecule has 0 aliphatic heterocycles. The molecule has 2 rings (SSSR count). The summed E-state index contributed by atoms with van der Waals surface area (Å²) in [5.74, 6) is 0.232. The standard InChI is InChI=1S/C9H4BrCl3N4O/c10-3-1-5(12)6(2-4(3)11)18-9-16-7(13)15-8(14)17-9/h1-2H,(H2,14,15,16,17). The van der Waals surface area contributed by atoms with Gasteiger partial charge in [-0.25, -0.2) is 0 Å². The lowest BCUT2D eigenvalue weighted by molar-refractivity contribution is 0.441. The lowest BCUT2D eigenvalue weighted by atomic mass is 10.3. The zero-order valence-electron chi connectivity index (χ0n) is 8.49. The number of ether oxygens (including phenoxy) is 1. The van der Waals surface area contributed by atoms with Crippen molar-refractivity contribution >= 4 is 56.7 Å². The molecule has 9 heteroatoms. The molecule has 1 heterocycles. The van der Waals surface area contributed by atoms with Gasteiger partial charge in [0, 0.05) is 10.5 Å². The Morgan fingerprint density at radius 1 is 1.06 bits per heavy atom. The van der Waals surface area contributed by atoms with Crippen molar-refractivity contribution in [1.82, 2.24) is 15.0 Å². The van der Waals surface area contributed by atoms with Gasteiger partial charge in [0.15, 0.2) is 5.75 Å². The number of hydrogen-bond donors (Lipinski definition) is 1. The summed E-state index contributed by atoms with van der Waals surface area (Å²) in [5, 5.41) is 0.695. The maximum atomic E-state index is 5.98. The summed E-state index contributed by atoms with van der Waals surface area (Å²) in [4.78, 5) is 11.1. The van der Waals surface area contributed by atoms with Crippen molar-refractivity contribution in [2.24, 2.45) is 0 Å². The molecule has 2 aromatic rings. The van der Waals surface area contributed by atoms with Crippen LogP contribution in [0.15, 0.2) is 16.6 Å². The lowest BCUT2D eigenvalue weighted by Crippen LogP contribution is -2.00. The van der Waals surface area contributed by atoms with E-state index in [1.165, 1.54) is 6.07 Å². The molecule has 1 aromatic carbocycles. The molecule has 0 radical (unpaired) electrons. The Morgan fingerprint density at radius 3 is 2.44 bits per heavy atom. The highest BCUT2D eigenvalue weighted by atomic mass is 79.9. The molecule has 2 N–H and O–H groups in total. The van der Waals surface area contributed by atoms with E-state index < -0.39 is 0 Å². The Balaban J connectivity index is 2.36. The van der Waals surface area contributed by atoms with Crippen molar-refractivity contribution in [2.45, 2.75) is 0 Å². The van der Waals surface area contributed by atoms with Crippen molar-refractivity contribution in [3.63, 3.8) is 0 Å². The van der Waals surface area contributed by atoms with Crippen LogP contribution in [-0.2, 0) is 0 Å². The van der Waals surface area contributed by atoms with Gasteiger partial charge in [-0.05, 0) is 33.6 Å². The van der Waals surface area contributed by atoms with Gasteiger partial charge in [-0.1, -0.05) is 23.2 Å². The van der Waals surface area contributed by atoms with Gasteiger partial charge in [-0.2, -0.15) is 15.0 Å². The number of halogens is 4. The summed E-state index contributed by atoms with van der Waals surface area (Å²) < 4.78 is 5.99. The molecule has 5 nitrogen and oxygen atoms in total. The van der Waals surface area contributed by atoms with E-state index in [0.29, 0.717) is 14.5 Å². The second-order valence-electron chi connectivity index (χ2n) is 3.04. The minimum Gasteiger partial charge on any atom is -0.422 e. The number of anilines is 1. The summed E-state index contributed by atoms with van der Waals surface area (Å²) in [7, 11) is 0. The number of hydrogen-bond acceptors (Lipinski definition) is 5. The summed E-state index contributed by atoms with van der Waals surface area (Å²) in [6.07, 6.45) is 0. The Bertz CT molecular complexity index is 590. The van der Waals surface area contributed by atoms with Crippen LogP contribution < -0.4 is 10.5 Å². The van der Waals surface area contributed by atoms with Crippen LogP contribution in [0, 0.1) is 0 Å². The van der Waals surface area contributed by atoms with E-state index in [-0.39, 0.29) is 23.0 Å². The SMILES string of the molecule is Nc1nc(Cl)nc(Oc2cc(Cl)c(Br)cc2Cl)n1. The van der Waals surface area contributed by atoms with Crippen LogP contribution in [0.4, 0.5) is 5.95 Å². The Kier molecular flexibility index (Phi) is 4.11. The van der Waals surface area contributed by atoms with Crippen LogP contribution in [0.3, 0.4) is 0 Å². The van der Waals surface area contributed by atoms with Crippen LogP contribution in [0.25, 0.3) is 0 Å². The first-order valence-corrected chi connectivity index (χ1v) is 6.38. The van der Waals surface area contributed by atoms with Crippen molar-refractivity contribution < 1.29 is 4.74 Å². The quantitative estimate of drug-likeness (QED) is 0.810. The zero-order chi connectivity index (χ0) is 13.3. The van der Waals surface area contributed by atoms with Gasteiger partial charge in [-0.3, -0.25) is 0 Å². The zero-order valence-corrected chi connectivity index (χ0v) is 12.3. The molecular weight excluding hydrogens is 366 g/mol. The summed E-state index contributed by atoms with van der Waals surface area (Å²) in [6.45, 7) is 0. The van der Waals surface area contributed by atoms with Gasteiger partial charge >= 0.3 is 6.01 Å². The number of benzene rings is 1. The van der Waals surface area contributed by atoms with Crippen LogP contribution >= 0.6 is 50.7 Å². The second kappa shape index (κ2) is 5.44. The van der Waals surface area contributed by atoms with E-state index in [1.54, 1.807) is 6.07 Å². The molecule has 0 bridgehead atoms. The minimum atomic E-state index is -0.0724. The van der Waals surface area contributed by atoms with Crippen molar-refractivity contribution in [3.05, 3.63) is 31.9 Å². The third kappa shape index (κ3) is 3.14. The van der Waals surface area contributed by atoms with Crippen LogP contribution in [0.2, 0.25) is 15.3 Å². The normalized spacial score (nSPS) is 10.4. The molecule has 0 amide bonds. The predicted molar refractivity (Wildman–Crippen MR) is 73.5 cm³/mol. The molecule has 0 unspecified atom stereocenters. The van der Waals surface area contributed by atoms with E-state index in [0.717, 1.165) is 0 Å². The number of nitrogens with two attached hydrogens (primary N) is 1. The molecular formula is C9H4BrCl3N4O. The van der Waals surface area contributed by atoms with Gasteiger partial charge in [0.1, 0.15) is 0 Å². The monoisotopic (exact) mass is 368 g/mol. The maximum absolute atomic E-state index is 5.98. The van der Waals surface area contributed by atoms with Gasteiger partial charge in [0.05, 0.1) is 10.0 Å². The van der Waals surface area contributed by atoms with Gasteiger partial charge in [-0.15, -0.1) is 0 Å². The Morgan fingerprint density at radius 2 is 1.78 bits per heavy atom. The number of rotatable bonds is 2. The average molecular weight is 370 g/mol. The van der Waals surface area contributed by atoms with Crippen LogP contribution in [0.5, 0.6) is 11.8 Å². The third-order valence-corrected chi connectivity index (χ3v) is 3.44. The summed E-state index contributed by atoms with van der Waals surface area (Å²) in [5.41, 5.74) is 5.41. The van der Waals surface area contributed by atoms with Crippen molar-refractivity contribution in [3.8, 4) is 11.8 Å². The fourth-order valence-electron chi connectivity index (χ4n) is 1.07. The van der Waals surface area contributed by atoms with E-state index in [1.807, 2.05) is 0 Å². The first-order chi connectivity index (χ1) is 8.45. The molecule has 0 aliphatic rings. The minimum absolute atomic E-state index is 0.0515. The summed E-state index contributed by atoms with van der Waals surface area (Å²) in [6, 6.07) is 3.04. The highest BCUT2D eigenvalue weighted by molar-refractivity contribution is 9.10. The number of nitrogens with zero attached hydrogens (tertiary/aromatic N) is 3. The molecule has 0 fully saturated rings. The highest BCUT2D eigenvalue weighted by Gasteiger charge is 2.11. The number of aromatic nitrogens is 3. The van der Waals surface area contributed by atoms with Crippen LogP contribution in [0.1, 0.15) is 0 Å². The third-order valence-electron chi connectivity index (χ3n) is 1.78. The molecule has 0 saturated heterocycles. The second-order valence-corrected chi connectivity index (χ2v) is 5.05.